The topological polar surface area (TPSA) is 29.1 Å². The van der Waals surface area contributed by atoms with E-state index in [1.165, 1.54) is 42.4 Å². The van der Waals surface area contributed by atoms with Crippen LogP contribution in [0.2, 0.25) is 0 Å². The fraction of sp³-hybridized carbons (Fsp3) is 0.588. The van der Waals surface area contributed by atoms with E-state index in [-0.39, 0.29) is 17.9 Å². The molecule has 0 radical (unpaired) electrons. The number of aryl methyl sites for hydroxylation is 2. The van der Waals surface area contributed by atoms with Gasteiger partial charge in [-0.3, -0.25) is 4.79 Å². The summed E-state index contributed by atoms with van der Waals surface area (Å²) in [5.74, 6) is 1.08. The summed E-state index contributed by atoms with van der Waals surface area (Å²) in [6.45, 7) is 4.24. The number of hydrogen-bond acceptors (Lipinski definition) is 1. The second kappa shape index (κ2) is 4.99. The van der Waals surface area contributed by atoms with Gasteiger partial charge in [-0.2, -0.15) is 0 Å². The van der Waals surface area contributed by atoms with Gasteiger partial charge in [0.05, 0.1) is 6.04 Å². The molecule has 3 rings (SSSR count). The Balaban J connectivity index is 1.69. The summed E-state index contributed by atoms with van der Waals surface area (Å²) in [7, 11) is 0. The van der Waals surface area contributed by atoms with Crippen LogP contribution in [0, 0.1) is 11.8 Å². The van der Waals surface area contributed by atoms with E-state index in [0.29, 0.717) is 5.92 Å². The molecule has 0 unspecified atom stereocenters. The van der Waals surface area contributed by atoms with Crippen molar-refractivity contribution >= 4 is 5.91 Å². The summed E-state index contributed by atoms with van der Waals surface area (Å²) < 4.78 is 0. The summed E-state index contributed by atoms with van der Waals surface area (Å²) in [6, 6.07) is 6.88. The van der Waals surface area contributed by atoms with Crippen molar-refractivity contribution in [1.29, 1.82) is 0 Å². The number of carbonyl (C=O) groups excluding carboxylic acids is 1. The first-order valence-corrected chi connectivity index (χ1v) is 7.57. The van der Waals surface area contributed by atoms with Gasteiger partial charge in [0.2, 0.25) is 5.91 Å². The van der Waals surface area contributed by atoms with Crippen molar-refractivity contribution < 1.29 is 4.79 Å². The van der Waals surface area contributed by atoms with Crippen molar-refractivity contribution in [2.24, 2.45) is 11.8 Å². The normalized spacial score (nSPS) is 26.4. The lowest BCUT2D eigenvalue weighted by atomic mass is 9.89. The number of amides is 1. The predicted molar refractivity (Wildman–Crippen MR) is 76.9 cm³/mol. The van der Waals surface area contributed by atoms with E-state index in [4.69, 9.17) is 0 Å². The van der Waals surface area contributed by atoms with Crippen molar-refractivity contribution in [2.75, 3.05) is 0 Å². The summed E-state index contributed by atoms with van der Waals surface area (Å²) in [5.41, 5.74) is 4.25. The lowest BCUT2D eigenvalue weighted by Crippen LogP contribution is -2.28. The fourth-order valence-electron chi connectivity index (χ4n) is 3.11. The molecule has 2 aliphatic carbocycles. The third-order valence-corrected chi connectivity index (χ3v) is 4.68. The first kappa shape index (κ1) is 12.7. The molecule has 2 nitrogen and oxygen atoms in total. The first-order valence-electron chi connectivity index (χ1n) is 7.57. The van der Waals surface area contributed by atoms with Crippen LogP contribution in [0.3, 0.4) is 0 Å². The highest BCUT2D eigenvalue weighted by molar-refractivity contribution is 5.81. The van der Waals surface area contributed by atoms with E-state index in [1.54, 1.807) is 0 Å². The van der Waals surface area contributed by atoms with Crippen LogP contribution in [0.1, 0.15) is 55.8 Å². The Morgan fingerprint density at radius 2 is 1.95 bits per heavy atom. The molecule has 2 heteroatoms. The van der Waals surface area contributed by atoms with Crippen LogP contribution in [0.4, 0.5) is 0 Å². The molecule has 1 saturated carbocycles. The average molecular weight is 257 g/mol. The van der Waals surface area contributed by atoms with Crippen LogP contribution >= 0.6 is 0 Å². The molecule has 0 bridgehead atoms. The van der Waals surface area contributed by atoms with E-state index in [9.17, 15) is 4.79 Å². The molecule has 1 aromatic carbocycles. The van der Waals surface area contributed by atoms with Crippen molar-refractivity contribution in [1.82, 2.24) is 5.32 Å². The van der Waals surface area contributed by atoms with Crippen molar-refractivity contribution in [3.8, 4) is 0 Å². The average Bonchev–Trinajstić information content (AvgIpc) is 3.15. The fourth-order valence-corrected chi connectivity index (χ4v) is 3.11. The molecule has 102 valence electrons. The van der Waals surface area contributed by atoms with Gasteiger partial charge in [0.1, 0.15) is 0 Å². The van der Waals surface area contributed by atoms with Gasteiger partial charge in [-0.15, -0.1) is 0 Å². The smallest absolute Gasteiger partial charge is 0.223 e. The maximum absolute atomic E-state index is 12.0. The van der Waals surface area contributed by atoms with Crippen LogP contribution in [-0.4, -0.2) is 5.91 Å². The molecular formula is C17H23NO. The van der Waals surface area contributed by atoms with Crippen LogP contribution < -0.4 is 5.32 Å². The van der Waals surface area contributed by atoms with Crippen LogP contribution in [0.5, 0.6) is 0 Å². The summed E-state index contributed by atoms with van der Waals surface area (Å²) in [4.78, 5) is 12.0. The van der Waals surface area contributed by atoms with Gasteiger partial charge >= 0.3 is 0 Å². The standard InChI is InChI=1S/C17H23NO/c1-11-9-16(11)17(19)18-12(2)14-8-7-13-5-3-4-6-15(13)10-14/h7-8,10-12,16H,3-6,9H2,1-2H3,(H,18,19)/t11-,12-,16-/m0/s1. The van der Waals surface area contributed by atoms with Crippen molar-refractivity contribution in [3.05, 3.63) is 34.9 Å². The summed E-state index contributed by atoms with van der Waals surface area (Å²) in [5, 5.41) is 3.16. The monoisotopic (exact) mass is 257 g/mol. The molecule has 3 atom stereocenters. The number of rotatable bonds is 3. The molecule has 2 aliphatic rings. The van der Waals surface area contributed by atoms with Gasteiger partial charge < -0.3 is 5.32 Å². The van der Waals surface area contributed by atoms with Gasteiger partial charge in [-0.1, -0.05) is 25.1 Å². The van der Waals surface area contributed by atoms with Gasteiger partial charge in [0.25, 0.3) is 0 Å². The number of fused-ring (bicyclic) bond motifs is 1. The predicted octanol–water partition coefficient (Wildman–Crippen LogP) is 3.40. The minimum Gasteiger partial charge on any atom is -0.349 e. The maximum Gasteiger partial charge on any atom is 0.223 e. The highest BCUT2D eigenvalue weighted by Gasteiger charge is 2.39. The zero-order valence-corrected chi connectivity index (χ0v) is 11.9. The zero-order valence-electron chi connectivity index (χ0n) is 11.9. The van der Waals surface area contributed by atoms with Crippen molar-refractivity contribution in [2.45, 2.75) is 52.0 Å². The third kappa shape index (κ3) is 2.68. The Kier molecular flexibility index (Phi) is 3.34. The molecule has 0 heterocycles. The van der Waals surface area contributed by atoms with Gasteiger partial charge in [-0.05, 0) is 61.6 Å². The Morgan fingerprint density at radius 1 is 1.26 bits per heavy atom. The Morgan fingerprint density at radius 3 is 2.63 bits per heavy atom. The Bertz CT molecular complexity index is 494. The molecule has 1 N–H and O–H groups in total. The second-order valence-electron chi connectivity index (χ2n) is 6.29. The largest absolute Gasteiger partial charge is 0.349 e. The lowest BCUT2D eigenvalue weighted by molar-refractivity contribution is -0.123. The molecule has 1 aromatic rings. The molecular weight excluding hydrogens is 234 g/mol. The van der Waals surface area contributed by atoms with Gasteiger partial charge in [0.15, 0.2) is 0 Å². The maximum atomic E-state index is 12.0. The first-order chi connectivity index (χ1) is 9.15. The quantitative estimate of drug-likeness (QED) is 0.883. The summed E-state index contributed by atoms with van der Waals surface area (Å²) in [6.07, 6.45) is 6.09. The second-order valence-corrected chi connectivity index (χ2v) is 6.29. The van der Waals surface area contributed by atoms with Crippen LogP contribution in [-0.2, 0) is 17.6 Å². The minimum absolute atomic E-state index is 0.132. The van der Waals surface area contributed by atoms with Crippen LogP contribution in [0.15, 0.2) is 18.2 Å². The molecule has 1 amide bonds. The van der Waals surface area contributed by atoms with E-state index in [0.717, 1.165) is 6.42 Å². The van der Waals surface area contributed by atoms with E-state index >= 15 is 0 Å². The highest BCUT2D eigenvalue weighted by Crippen LogP contribution is 2.38. The number of hydrogen-bond donors (Lipinski definition) is 1. The zero-order chi connectivity index (χ0) is 13.4. The number of carbonyl (C=O) groups is 1. The Hall–Kier alpha value is -1.31. The number of nitrogens with one attached hydrogen (secondary N) is 1. The molecule has 0 spiro atoms. The molecule has 19 heavy (non-hydrogen) atoms. The third-order valence-electron chi connectivity index (χ3n) is 4.68. The minimum atomic E-state index is 0.132. The van der Waals surface area contributed by atoms with Crippen LogP contribution in [0.25, 0.3) is 0 Å². The molecule has 0 saturated heterocycles. The van der Waals surface area contributed by atoms with Gasteiger partial charge in [0, 0.05) is 5.92 Å². The summed E-state index contributed by atoms with van der Waals surface area (Å²) >= 11 is 0. The van der Waals surface area contributed by atoms with Gasteiger partial charge in [-0.25, -0.2) is 0 Å². The lowest BCUT2D eigenvalue weighted by Gasteiger charge is -2.20. The molecule has 1 fully saturated rings. The molecule has 0 aliphatic heterocycles. The van der Waals surface area contributed by atoms with Crippen molar-refractivity contribution in [3.63, 3.8) is 0 Å². The highest BCUT2D eigenvalue weighted by atomic mass is 16.2. The molecule has 0 aromatic heterocycles. The number of benzene rings is 1. The van der Waals surface area contributed by atoms with E-state index in [1.807, 2.05) is 0 Å². The van der Waals surface area contributed by atoms with E-state index < -0.39 is 0 Å². The van der Waals surface area contributed by atoms with E-state index in [2.05, 4.69) is 37.4 Å². The Labute approximate surface area is 115 Å². The SMILES string of the molecule is C[C@H](NC(=O)[C@H]1C[C@@H]1C)c1ccc2c(c1)CCCC2.